The molecule has 57 heavy (non-hydrogen) atoms. The normalized spacial score (nSPS) is 21.0. The molecule has 0 saturated carbocycles. The van der Waals surface area contributed by atoms with Crippen LogP contribution in [0.3, 0.4) is 0 Å². The van der Waals surface area contributed by atoms with Gasteiger partial charge in [-0.2, -0.15) is 8.42 Å². The first-order chi connectivity index (χ1) is 27.6. The van der Waals surface area contributed by atoms with Gasteiger partial charge in [-0.25, -0.2) is 4.18 Å². The second-order valence-electron chi connectivity index (χ2n) is 15.3. The van der Waals surface area contributed by atoms with Crippen molar-refractivity contribution in [2.45, 2.75) is 211 Å². The Morgan fingerprint density at radius 3 is 1.74 bits per heavy atom. The first-order valence-electron chi connectivity index (χ1n) is 22.2. The Balaban J connectivity index is 2.46. The molecule has 1 fully saturated rings. The zero-order chi connectivity index (χ0) is 41.8. The van der Waals surface area contributed by atoms with Crippen LogP contribution in [0.15, 0.2) is 36.5 Å². The summed E-state index contributed by atoms with van der Waals surface area (Å²) in [4.78, 5) is 12.8. The van der Waals surface area contributed by atoms with Crippen molar-refractivity contribution in [3.63, 3.8) is 0 Å². The summed E-state index contributed by atoms with van der Waals surface area (Å²) in [6, 6.07) is 0. The van der Waals surface area contributed by atoms with E-state index in [1.807, 2.05) is 0 Å². The van der Waals surface area contributed by atoms with Crippen molar-refractivity contribution >= 4 is 16.4 Å². The third-order valence-electron chi connectivity index (χ3n) is 9.98. The van der Waals surface area contributed by atoms with E-state index in [2.05, 4.69) is 54.5 Å². The van der Waals surface area contributed by atoms with Gasteiger partial charge in [-0.15, -0.1) is 0 Å². The minimum atomic E-state index is -5.06. The molecule has 6 atom stereocenters. The maximum Gasteiger partial charge on any atom is 0.397 e. The second-order valence-corrected chi connectivity index (χ2v) is 16.3. The Hall–Kier alpha value is -1.68. The second kappa shape index (κ2) is 36.2. The zero-order valence-corrected chi connectivity index (χ0v) is 36.2. The number of unbranched alkanes of at least 4 members (excludes halogenated alkanes) is 19. The molecule has 0 aromatic rings. The summed E-state index contributed by atoms with van der Waals surface area (Å²) >= 11 is 0. The molecule has 4 N–H and O–H groups in total. The maximum atomic E-state index is 12.8. The Labute approximate surface area is 345 Å². The molecular formula is C44H80O12S. The van der Waals surface area contributed by atoms with Crippen LogP contribution in [0.1, 0.15) is 174 Å². The van der Waals surface area contributed by atoms with Gasteiger partial charge in [0.2, 0.25) is 0 Å². The Morgan fingerprint density at radius 1 is 0.667 bits per heavy atom. The summed E-state index contributed by atoms with van der Waals surface area (Å²) in [6.45, 7) is 3.90. The van der Waals surface area contributed by atoms with Gasteiger partial charge >= 0.3 is 16.4 Å². The number of aliphatic hydroxyl groups excluding tert-OH is 3. The zero-order valence-electron chi connectivity index (χ0n) is 35.4. The molecule has 0 aliphatic carbocycles. The molecule has 0 aromatic heterocycles. The van der Waals surface area contributed by atoms with Gasteiger partial charge in [0.05, 0.1) is 19.8 Å². The third kappa shape index (κ3) is 30.1. The highest BCUT2D eigenvalue weighted by Gasteiger charge is 2.48. The van der Waals surface area contributed by atoms with E-state index in [1.54, 1.807) is 0 Å². The number of hydrogen-bond donors (Lipinski definition) is 4. The number of hydrogen-bond acceptors (Lipinski definition) is 11. The van der Waals surface area contributed by atoms with Gasteiger partial charge in [0.25, 0.3) is 0 Å². The lowest BCUT2D eigenvalue weighted by molar-refractivity contribution is -0.301. The number of carbonyl (C=O) groups excluding carboxylic acids is 1. The summed E-state index contributed by atoms with van der Waals surface area (Å²) in [5.41, 5.74) is 0. The monoisotopic (exact) mass is 833 g/mol. The van der Waals surface area contributed by atoms with Crippen molar-refractivity contribution in [1.29, 1.82) is 0 Å². The lowest BCUT2D eigenvalue weighted by Gasteiger charge is -2.41. The third-order valence-corrected chi connectivity index (χ3v) is 10.5. The quantitative estimate of drug-likeness (QED) is 0.0201. The molecule has 6 unspecified atom stereocenters. The van der Waals surface area contributed by atoms with Crippen LogP contribution in [0.2, 0.25) is 0 Å². The van der Waals surface area contributed by atoms with E-state index >= 15 is 0 Å². The van der Waals surface area contributed by atoms with Crippen LogP contribution in [0.5, 0.6) is 0 Å². The van der Waals surface area contributed by atoms with Crippen LogP contribution >= 0.6 is 0 Å². The number of aliphatic hydroxyl groups is 3. The number of esters is 1. The SMILES string of the molecule is CCCC/C=C\C/C=C\CCCCCCCCOCC(COC1OC(CO)C(O)C(OS(=O)(=O)O)C1O)OC(=O)CCCCCCC/C=C\CCCCCCCC. The van der Waals surface area contributed by atoms with Crippen LogP contribution in [0, 0.1) is 0 Å². The fraction of sp³-hybridized carbons (Fsp3) is 0.841. The van der Waals surface area contributed by atoms with Gasteiger partial charge in [0.1, 0.15) is 30.5 Å². The summed E-state index contributed by atoms with van der Waals surface area (Å²) in [5.74, 6) is -0.413. The summed E-state index contributed by atoms with van der Waals surface area (Å²) in [5, 5.41) is 30.6. The standard InChI is InChI=1S/C44H80O12S/c1-3-5-7-9-11-13-15-17-19-21-23-25-27-29-31-33-40(46)54-38(37-53-44-42(48)43(56-57(49,50)51)41(47)39(35-45)55-44)36-52-34-32-30-28-26-24-22-20-18-16-14-12-10-8-6-4-2/h10,12,16-19,38-39,41-45,47-48H,3-9,11,13-15,20-37H2,1-2H3,(H,49,50,51)/b12-10-,18-16-,19-17-. The topological polar surface area (TPSA) is 178 Å². The summed E-state index contributed by atoms with van der Waals surface area (Å²) < 4.78 is 59.0. The molecule has 12 nitrogen and oxygen atoms in total. The predicted molar refractivity (Wildman–Crippen MR) is 225 cm³/mol. The van der Waals surface area contributed by atoms with Crippen molar-refractivity contribution in [2.24, 2.45) is 0 Å². The van der Waals surface area contributed by atoms with E-state index < -0.39 is 59.8 Å². The highest BCUT2D eigenvalue weighted by atomic mass is 32.3. The first-order valence-corrected chi connectivity index (χ1v) is 23.6. The van der Waals surface area contributed by atoms with Gasteiger partial charge in [-0.1, -0.05) is 140 Å². The van der Waals surface area contributed by atoms with Crippen molar-refractivity contribution < 1.29 is 56.2 Å². The van der Waals surface area contributed by atoms with Crippen LogP contribution < -0.4 is 0 Å². The molecule has 0 radical (unpaired) electrons. The van der Waals surface area contributed by atoms with Gasteiger partial charge in [0, 0.05) is 13.0 Å². The Kier molecular flexibility index (Phi) is 33.9. The number of allylic oxidation sites excluding steroid dienone is 6. The molecule has 0 aromatic carbocycles. The molecule has 1 saturated heterocycles. The molecule has 1 heterocycles. The van der Waals surface area contributed by atoms with Crippen LogP contribution in [0.25, 0.3) is 0 Å². The lowest BCUT2D eigenvalue weighted by Crippen LogP contribution is -2.60. The first kappa shape index (κ1) is 53.3. The molecular weight excluding hydrogens is 753 g/mol. The van der Waals surface area contributed by atoms with E-state index in [-0.39, 0.29) is 19.6 Å². The number of rotatable bonds is 38. The van der Waals surface area contributed by atoms with E-state index in [4.69, 9.17) is 23.5 Å². The minimum Gasteiger partial charge on any atom is -0.457 e. The van der Waals surface area contributed by atoms with Gasteiger partial charge < -0.3 is 34.3 Å². The fourth-order valence-electron chi connectivity index (χ4n) is 6.56. The Morgan fingerprint density at radius 2 is 1.18 bits per heavy atom. The van der Waals surface area contributed by atoms with Gasteiger partial charge in [-0.3, -0.25) is 9.35 Å². The number of carbonyl (C=O) groups is 1. The smallest absolute Gasteiger partial charge is 0.397 e. The average molecular weight is 833 g/mol. The van der Waals surface area contributed by atoms with Crippen molar-refractivity contribution in [1.82, 2.24) is 0 Å². The van der Waals surface area contributed by atoms with Crippen LogP contribution in [-0.4, -0.2) is 97.5 Å². The molecule has 1 aliphatic rings. The fourth-order valence-corrected chi connectivity index (χ4v) is 7.07. The van der Waals surface area contributed by atoms with Gasteiger partial charge in [-0.05, 0) is 64.2 Å². The van der Waals surface area contributed by atoms with E-state index in [0.29, 0.717) is 13.0 Å². The van der Waals surface area contributed by atoms with E-state index in [1.165, 1.54) is 64.2 Å². The average Bonchev–Trinajstić information content (AvgIpc) is 3.18. The van der Waals surface area contributed by atoms with Crippen molar-refractivity contribution in [2.75, 3.05) is 26.4 Å². The van der Waals surface area contributed by atoms with Crippen LogP contribution in [-0.2, 0) is 38.3 Å². The molecule has 0 spiro atoms. The largest absolute Gasteiger partial charge is 0.457 e. The van der Waals surface area contributed by atoms with Crippen LogP contribution in [0.4, 0.5) is 0 Å². The molecule has 334 valence electrons. The Bertz CT molecular complexity index is 1140. The minimum absolute atomic E-state index is 0.0259. The highest BCUT2D eigenvalue weighted by Crippen LogP contribution is 2.26. The summed E-state index contributed by atoms with van der Waals surface area (Å²) in [7, 11) is -5.06. The van der Waals surface area contributed by atoms with E-state index in [0.717, 1.165) is 83.5 Å². The molecule has 0 bridgehead atoms. The lowest BCUT2D eigenvalue weighted by atomic mass is 9.99. The molecule has 1 rings (SSSR count). The predicted octanol–water partition coefficient (Wildman–Crippen LogP) is 9.02. The number of ether oxygens (including phenoxy) is 4. The molecule has 13 heteroatoms. The highest BCUT2D eigenvalue weighted by molar-refractivity contribution is 7.80. The summed E-state index contributed by atoms with van der Waals surface area (Å²) in [6.07, 6.45) is 31.7. The van der Waals surface area contributed by atoms with Gasteiger partial charge in [0.15, 0.2) is 6.29 Å². The molecule has 0 amide bonds. The maximum absolute atomic E-state index is 12.8. The van der Waals surface area contributed by atoms with E-state index in [9.17, 15) is 28.5 Å². The van der Waals surface area contributed by atoms with Crippen molar-refractivity contribution in [3.05, 3.63) is 36.5 Å². The molecule has 1 aliphatic heterocycles. The van der Waals surface area contributed by atoms with Crippen molar-refractivity contribution in [3.8, 4) is 0 Å².